The maximum Gasteiger partial charge on any atom is 0.321 e. The van der Waals surface area contributed by atoms with E-state index < -0.39 is 11.9 Å². The number of aryl methyl sites for hydroxylation is 1. The number of aliphatic carboxylic acids is 1. The van der Waals surface area contributed by atoms with Gasteiger partial charge in [-0.2, -0.15) is 0 Å². The van der Waals surface area contributed by atoms with Crippen LogP contribution in [0.15, 0.2) is 18.3 Å². The van der Waals surface area contributed by atoms with Crippen molar-refractivity contribution in [2.45, 2.75) is 13.8 Å². The highest BCUT2D eigenvalue weighted by molar-refractivity contribution is 5.90. The highest BCUT2D eigenvalue weighted by atomic mass is 16.4. The first-order valence-electron chi connectivity index (χ1n) is 6.19. The second kappa shape index (κ2) is 5.26. The Kier molecular flexibility index (Phi) is 3.69. The molecule has 1 fully saturated rings. The molecule has 102 valence electrons. The molecule has 2 rings (SSSR count). The van der Waals surface area contributed by atoms with E-state index in [0.29, 0.717) is 18.8 Å². The van der Waals surface area contributed by atoms with E-state index in [1.54, 1.807) is 30.2 Å². The van der Waals surface area contributed by atoms with Gasteiger partial charge in [0.1, 0.15) is 0 Å². The van der Waals surface area contributed by atoms with Crippen molar-refractivity contribution in [3.8, 4) is 0 Å². The summed E-state index contributed by atoms with van der Waals surface area (Å²) in [5.41, 5.74) is 1.44. The summed E-state index contributed by atoms with van der Waals surface area (Å²) < 4.78 is 0. The Morgan fingerprint density at radius 1 is 1.53 bits per heavy atom. The minimum atomic E-state index is -0.812. The van der Waals surface area contributed by atoms with Crippen LogP contribution in [0.25, 0.3) is 0 Å². The monoisotopic (exact) mass is 263 g/mol. The molecule has 2 N–H and O–H groups in total. The largest absolute Gasteiger partial charge is 0.481 e. The number of hydrogen-bond acceptors (Lipinski definition) is 3. The summed E-state index contributed by atoms with van der Waals surface area (Å²) in [5, 5.41) is 11.7. The molecule has 1 aromatic heterocycles. The number of urea groups is 1. The van der Waals surface area contributed by atoms with E-state index in [2.05, 4.69) is 10.3 Å². The Morgan fingerprint density at radius 2 is 2.21 bits per heavy atom. The lowest BCUT2D eigenvalue weighted by Crippen LogP contribution is -2.54. The van der Waals surface area contributed by atoms with E-state index in [1.165, 1.54) is 0 Å². The fourth-order valence-electron chi connectivity index (χ4n) is 2.01. The molecule has 0 bridgehead atoms. The molecule has 1 saturated heterocycles. The van der Waals surface area contributed by atoms with Crippen LogP contribution >= 0.6 is 0 Å². The zero-order chi connectivity index (χ0) is 14.0. The van der Waals surface area contributed by atoms with Crippen molar-refractivity contribution in [1.82, 2.24) is 9.88 Å². The van der Waals surface area contributed by atoms with E-state index in [0.717, 1.165) is 5.69 Å². The third-order valence-electron chi connectivity index (χ3n) is 3.54. The second-order valence-corrected chi connectivity index (χ2v) is 4.86. The molecular formula is C13H17N3O3. The van der Waals surface area contributed by atoms with Gasteiger partial charge in [-0.3, -0.25) is 9.78 Å². The number of carbonyl (C=O) groups excluding carboxylic acids is 1. The average molecular weight is 263 g/mol. The average Bonchev–Trinajstić information content (AvgIpc) is 2.30. The molecule has 1 aromatic rings. The normalized spacial score (nSPS) is 16.6. The molecule has 0 saturated carbocycles. The van der Waals surface area contributed by atoms with Crippen LogP contribution in [-0.4, -0.2) is 40.1 Å². The highest BCUT2D eigenvalue weighted by Gasteiger charge is 2.37. The van der Waals surface area contributed by atoms with E-state index in [9.17, 15) is 9.59 Å². The van der Waals surface area contributed by atoms with Crippen molar-refractivity contribution in [3.63, 3.8) is 0 Å². The number of aromatic nitrogens is 1. The molecule has 1 aliphatic rings. The Labute approximate surface area is 111 Å². The Bertz CT molecular complexity index is 498. The van der Waals surface area contributed by atoms with Gasteiger partial charge in [0.25, 0.3) is 0 Å². The number of hydrogen-bond donors (Lipinski definition) is 2. The van der Waals surface area contributed by atoms with Crippen molar-refractivity contribution in [1.29, 1.82) is 0 Å². The number of amides is 2. The number of rotatable bonds is 3. The van der Waals surface area contributed by atoms with Crippen LogP contribution in [0.2, 0.25) is 0 Å². The molecule has 0 spiro atoms. The topological polar surface area (TPSA) is 82.5 Å². The van der Waals surface area contributed by atoms with Gasteiger partial charge in [0.2, 0.25) is 0 Å². The predicted molar refractivity (Wildman–Crippen MR) is 69.9 cm³/mol. The molecule has 0 radical (unpaired) electrons. The number of likely N-dealkylation sites (tertiary alicyclic amines) is 1. The van der Waals surface area contributed by atoms with Gasteiger partial charge in [-0.05, 0) is 19.1 Å². The third kappa shape index (κ3) is 2.83. The third-order valence-corrected chi connectivity index (χ3v) is 3.54. The lowest BCUT2D eigenvalue weighted by molar-refractivity contribution is -0.144. The first kappa shape index (κ1) is 13.3. The quantitative estimate of drug-likeness (QED) is 0.867. The van der Waals surface area contributed by atoms with Gasteiger partial charge in [-0.25, -0.2) is 4.79 Å². The molecule has 1 aliphatic heterocycles. The number of nitrogens with zero attached hydrogens (tertiary/aromatic N) is 2. The molecule has 0 aromatic carbocycles. The Balaban J connectivity index is 1.87. The van der Waals surface area contributed by atoms with Gasteiger partial charge < -0.3 is 15.3 Å². The molecule has 2 amide bonds. The zero-order valence-corrected chi connectivity index (χ0v) is 11.0. The molecule has 1 atom stereocenters. The van der Waals surface area contributed by atoms with E-state index >= 15 is 0 Å². The van der Waals surface area contributed by atoms with Crippen molar-refractivity contribution in [2.75, 3.05) is 18.4 Å². The van der Waals surface area contributed by atoms with E-state index in [4.69, 9.17) is 5.11 Å². The van der Waals surface area contributed by atoms with Crippen LogP contribution in [0.4, 0.5) is 10.5 Å². The van der Waals surface area contributed by atoms with Gasteiger partial charge >= 0.3 is 12.0 Å². The maximum absolute atomic E-state index is 11.9. The molecule has 1 unspecified atom stereocenters. The van der Waals surface area contributed by atoms with Crippen LogP contribution in [0.3, 0.4) is 0 Å². The molecule has 6 nitrogen and oxygen atoms in total. The maximum atomic E-state index is 11.9. The SMILES string of the molecule is Cc1ncccc1NC(=O)N1CC(C(C)C(=O)O)C1. The zero-order valence-electron chi connectivity index (χ0n) is 11.0. The first-order chi connectivity index (χ1) is 8.99. The Hall–Kier alpha value is -2.11. The summed E-state index contributed by atoms with van der Waals surface area (Å²) in [4.78, 5) is 28.4. The van der Waals surface area contributed by atoms with Crippen molar-refractivity contribution >= 4 is 17.7 Å². The minimum absolute atomic E-state index is 0.0400. The number of carboxylic acid groups (broad SMARTS) is 1. The number of nitrogens with one attached hydrogen (secondary N) is 1. The smallest absolute Gasteiger partial charge is 0.321 e. The lowest BCUT2D eigenvalue weighted by Gasteiger charge is -2.41. The fraction of sp³-hybridized carbons (Fsp3) is 0.462. The summed E-state index contributed by atoms with van der Waals surface area (Å²) >= 11 is 0. The minimum Gasteiger partial charge on any atom is -0.481 e. The van der Waals surface area contributed by atoms with Crippen molar-refractivity contribution < 1.29 is 14.7 Å². The van der Waals surface area contributed by atoms with Crippen LogP contribution in [0.5, 0.6) is 0 Å². The second-order valence-electron chi connectivity index (χ2n) is 4.86. The van der Waals surface area contributed by atoms with Gasteiger partial charge in [-0.15, -0.1) is 0 Å². The van der Waals surface area contributed by atoms with Crippen molar-refractivity contribution in [2.24, 2.45) is 11.8 Å². The van der Waals surface area contributed by atoms with Gasteiger partial charge in [0, 0.05) is 25.2 Å². The van der Waals surface area contributed by atoms with Gasteiger partial charge in [-0.1, -0.05) is 6.92 Å². The van der Waals surface area contributed by atoms with E-state index in [1.807, 2.05) is 6.92 Å². The molecular weight excluding hydrogens is 246 g/mol. The predicted octanol–water partition coefficient (Wildman–Crippen LogP) is 1.57. The highest BCUT2D eigenvalue weighted by Crippen LogP contribution is 2.25. The molecule has 2 heterocycles. The number of carboxylic acids is 1. The van der Waals surface area contributed by atoms with Crippen LogP contribution < -0.4 is 5.32 Å². The van der Waals surface area contributed by atoms with Gasteiger partial charge in [0.15, 0.2) is 0 Å². The Morgan fingerprint density at radius 3 is 2.79 bits per heavy atom. The van der Waals surface area contributed by atoms with Crippen LogP contribution in [0.1, 0.15) is 12.6 Å². The van der Waals surface area contributed by atoms with Crippen LogP contribution in [-0.2, 0) is 4.79 Å². The first-order valence-corrected chi connectivity index (χ1v) is 6.19. The summed E-state index contributed by atoms with van der Waals surface area (Å²) in [6.07, 6.45) is 1.67. The van der Waals surface area contributed by atoms with E-state index in [-0.39, 0.29) is 11.9 Å². The van der Waals surface area contributed by atoms with Crippen molar-refractivity contribution in [3.05, 3.63) is 24.0 Å². The summed E-state index contributed by atoms with van der Waals surface area (Å²) in [5.74, 6) is -1.18. The summed E-state index contributed by atoms with van der Waals surface area (Å²) in [6, 6.07) is 3.34. The lowest BCUT2D eigenvalue weighted by atomic mass is 9.87. The molecule has 6 heteroatoms. The summed E-state index contributed by atoms with van der Waals surface area (Å²) in [7, 11) is 0. The number of pyridine rings is 1. The van der Waals surface area contributed by atoms with Gasteiger partial charge in [0.05, 0.1) is 17.3 Å². The standard InChI is InChI=1S/C13H17N3O3/c1-8(12(17)18)10-6-16(7-10)13(19)15-11-4-3-5-14-9(11)2/h3-5,8,10H,6-7H2,1-2H3,(H,15,19)(H,17,18). The number of carbonyl (C=O) groups is 2. The summed E-state index contributed by atoms with van der Waals surface area (Å²) in [6.45, 7) is 4.46. The number of anilines is 1. The fourth-order valence-corrected chi connectivity index (χ4v) is 2.01. The van der Waals surface area contributed by atoms with Crippen LogP contribution in [0, 0.1) is 18.8 Å². The molecule has 0 aliphatic carbocycles. The molecule has 19 heavy (non-hydrogen) atoms.